The van der Waals surface area contributed by atoms with Gasteiger partial charge in [0.2, 0.25) is 0 Å². The molecule has 20 heavy (non-hydrogen) atoms. The zero-order valence-corrected chi connectivity index (χ0v) is 12.8. The molecule has 0 saturated carbocycles. The van der Waals surface area contributed by atoms with E-state index in [4.69, 9.17) is 10.2 Å². The van der Waals surface area contributed by atoms with Gasteiger partial charge in [0.25, 0.3) is 0 Å². The van der Waals surface area contributed by atoms with Gasteiger partial charge in [-0.05, 0) is 19.3 Å². The number of carbonyl (C=O) groups excluding carboxylic acids is 1. The molecule has 2 amide bonds. The summed E-state index contributed by atoms with van der Waals surface area (Å²) in [5.74, 6) is -1.01. The van der Waals surface area contributed by atoms with Crippen LogP contribution in [-0.2, 0) is 4.79 Å². The van der Waals surface area contributed by atoms with E-state index in [0.717, 1.165) is 25.7 Å². The zero-order chi connectivity index (χ0) is 15.5. The first-order valence-corrected chi connectivity index (χ1v) is 7.42. The third-order valence-corrected chi connectivity index (χ3v) is 3.43. The maximum absolute atomic E-state index is 12.2. The number of carbonyl (C=O) groups is 2. The second-order valence-corrected chi connectivity index (χ2v) is 4.87. The molecule has 0 aromatic heterocycles. The molecule has 0 aliphatic carbocycles. The van der Waals surface area contributed by atoms with Crippen LogP contribution in [0.15, 0.2) is 0 Å². The molecule has 0 unspecified atom stereocenters. The van der Waals surface area contributed by atoms with E-state index in [1.807, 2.05) is 20.8 Å². The van der Waals surface area contributed by atoms with Crippen molar-refractivity contribution in [2.45, 2.75) is 65.0 Å². The van der Waals surface area contributed by atoms with Crippen molar-refractivity contribution in [1.82, 2.24) is 10.2 Å². The molecule has 0 aromatic rings. The molecule has 0 spiro atoms. The predicted molar refractivity (Wildman–Crippen MR) is 77.6 cm³/mol. The molecule has 0 saturated heterocycles. The number of aliphatic hydroxyl groups is 1. The Morgan fingerprint density at radius 2 is 1.80 bits per heavy atom. The van der Waals surface area contributed by atoms with Crippen molar-refractivity contribution < 1.29 is 19.8 Å². The van der Waals surface area contributed by atoms with Crippen LogP contribution in [0.2, 0.25) is 0 Å². The number of nitrogens with zero attached hydrogens (tertiary/aromatic N) is 1. The van der Waals surface area contributed by atoms with Gasteiger partial charge >= 0.3 is 12.0 Å². The van der Waals surface area contributed by atoms with E-state index in [2.05, 4.69) is 5.32 Å². The van der Waals surface area contributed by atoms with E-state index in [0.29, 0.717) is 6.42 Å². The van der Waals surface area contributed by atoms with Gasteiger partial charge in [-0.2, -0.15) is 0 Å². The quantitative estimate of drug-likeness (QED) is 0.572. The Morgan fingerprint density at radius 1 is 1.20 bits per heavy atom. The minimum atomic E-state index is -1.01. The number of hydrogen-bond donors (Lipinski definition) is 3. The SMILES string of the molecule is CCCC[C@H](NC(=O)N(CCO)C(CC)CC)C(=O)O. The van der Waals surface area contributed by atoms with Crippen molar-refractivity contribution in [3.8, 4) is 0 Å². The summed E-state index contributed by atoms with van der Waals surface area (Å²) in [5.41, 5.74) is 0. The molecule has 0 heterocycles. The van der Waals surface area contributed by atoms with Gasteiger partial charge in [-0.3, -0.25) is 0 Å². The standard InChI is InChI=1S/C14H28N2O4/c1-4-7-8-12(13(18)19)15-14(20)16(9-10-17)11(5-2)6-3/h11-12,17H,4-10H2,1-3H3,(H,15,20)(H,18,19)/t12-/m0/s1. The van der Waals surface area contributed by atoms with Gasteiger partial charge in [-0.1, -0.05) is 33.6 Å². The number of aliphatic hydroxyl groups excluding tert-OH is 1. The van der Waals surface area contributed by atoms with E-state index < -0.39 is 18.0 Å². The zero-order valence-electron chi connectivity index (χ0n) is 12.8. The fourth-order valence-corrected chi connectivity index (χ4v) is 2.18. The van der Waals surface area contributed by atoms with Crippen LogP contribution in [0.4, 0.5) is 4.79 Å². The molecule has 0 bridgehead atoms. The lowest BCUT2D eigenvalue weighted by atomic mass is 10.1. The van der Waals surface area contributed by atoms with Gasteiger partial charge in [-0.25, -0.2) is 9.59 Å². The lowest BCUT2D eigenvalue weighted by Gasteiger charge is -2.31. The smallest absolute Gasteiger partial charge is 0.326 e. The Morgan fingerprint density at radius 3 is 2.20 bits per heavy atom. The lowest BCUT2D eigenvalue weighted by Crippen LogP contribution is -2.52. The highest BCUT2D eigenvalue weighted by Crippen LogP contribution is 2.10. The summed E-state index contributed by atoms with van der Waals surface area (Å²) in [6, 6.07) is -1.25. The second kappa shape index (κ2) is 10.5. The fraction of sp³-hybridized carbons (Fsp3) is 0.857. The van der Waals surface area contributed by atoms with Crippen molar-refractivity contribution in [3.05, 3.63) is 0 Å². The van der Waals surface area contributed by atoms with Crippen LogP contribution in [0, 0.1) is 0 Å². The van der Waals surface area contributed by atoms with Crippen LogP contribution in [0.25, 0.3) is 0 Å². The largest absolute Gasteiger partial charge is 0.480 e. The molecular formula is C14H28N2O4. The van der Waals surface area contributed by atoms with Gasteiger partial charge in [-0.15, -0.1) is 0 Å². The highest BCUT2D eigenvalue weighted by Gasteiger charge is 2.25. The molecule has 0 aromatic carbocycles. The number of urea groups is 1. The number of aliphatic carboxylic acids is 1. The molecule has 0 aliphatic rings. The Hall–Kier alpha value is -1.30. The van der Waals surface area contributed by atoms with Crippen LogP contribution < -0.4 is 5.32 Å². The Kier molecular flexibility index (Phi) is 9.80. The molecule has 0 aliphatic heterocycles. The van der Waals surface area contributed by atoms with Crippen molar-refractivity contribution in [2.75, 3.05) is 13.2 Å². The Bertz CT molecular complexity index is 293. The van der Waals surface area contributed by atoms with Crippen LogP contribution in [0.1, 0.15) is 52.9 Å². The summed E-state index contributed by atoms with van der Waals surface area (Å²) >= 11 is 0. The maximum Gasteiger partial charge on any atom is 0.326 e. The first-order chi connectivity index (χ1) is 9.51. The highest BCUT2D eigenvalue weighted by atomic mass is 16.4. The number of hydrogen-bond acceptors (Lipinski definition) is 3. The molecule has 0 radical (unpaired) electrons. The number of carboxylic acids is 1. The minimum absolute atomic E-state index is 0.0165. The molecule has 118 valence electrons. The van der Waals surface area contributed by atoms with Crippen LogP contribution >= 0.6 is 0 Å². The molecule has 1 atom stereocenters. The summed E-state index contributed by atoms with van der Waals surface area (Å²) < 4.78 is 0. The van der Waals surface area contributed by atoms with Gasteiger partial charge in [0, 0.05) is 12.6 Å². The molecule has 3 N–H and O–H groups in total. The average Bonchev–Trinajstić information content (AvgIpc) is 2.43. The maximum atomic E-state index is 12.2. The topological polar surface area (TPSA) is 89.9 Å². The van der Waals surface area contributed by atoms with Crippen molar-refractivity contribution in [2.24, 2.45) is 0 Å². The molecular weight excluding hydrogens is 260 g/mol. The third-order valence-electron chi connectivity index (χ3n) is 3.43. The molecule has 0 fully saturated rings. The number of nitrogens with one attached hydrogen (secondary N) is 1. The molecule has 6 nitrogen and oxygen atoms in total. The van der Waals surface area contributed by atoms with Gasteiger partial charge < -0.3 is 20.4 Å². The Balaban J connectivity index is 4.73. The minimum Gasteiger partial charge on any atom is -0.480 e. The Labute approximate surface area is 121 Å². The molecule has 6 heteroatoms. The van der Waals surface area contributed by atoms with Gasteiger partial charge in [0.15, 0.2) is 0 Å². The number of amides is 2. The van der Waals surface area contributed by atoms with Crippen molar-refractivity contribution in [3.63, 3.8) is 0 Å². The molecule has 0 rings (SSSR count). The van der Waals surface area contributed by atoms with E-state index in [1.165, 1.54) is 4.90 Å². The first-order valence-electron chi connectivity index (χ1n) is 7.42. The lowest BCUT2D eigenvalue weighted by molar-refractivity contribution is -0.139. The van der Waals surface area contributed by atoms with E-state index in [-0.39, 0.29) is 19.2 Å². The summed E-state index contributed by atoms with van der Waals surface area (Å²) in [7, 11) is 0. The van der Waals surface area contributed by atoms with E-state index >= 15 is 0 Å². The summed E-state index contributed by atoms with van der Waals surface area (Å²) in [4.78, 5) is 24.9. The second-order valence-electron chi connectivity index (χ2n) is 4.87. The van der Waals surface area contributed by atoms with Crippen molar-refractivity contribution in [1.29, 1.82) is 0 Å². The number of carboxylic acid groups (broad SMARTS) is 1. The summed E-state index contributed by atoms with van der Waals surface area (Å²) in [6.07, 6.45) is 3.61. The predicted octanol–water partition coefficient (Wildman–Crippen LogP) is 1.82. The number of rotatable bonds is 10. The van der Waals surface area contributed by atoms with Gasteiger partial charge in [0.05, 0.1) is 6.61 Å². The first kappa shape index (κ1) is 18.7. The van der Waals surface area contributed by atoms with E-state index in [1.54, 1.807) is 0 Å². The van der Waals surface area contributed by atoms with Crippen molar-refractivity contribution >= 4 is 12.0 Å². The average molecular weight is 288 g/mol. The number of unbranched alkanes of at least 4 members (excludes halogenated alkanes) is 1. The fourth-order valence-electron chi connectivity index (χ4n) is 2.18. The third kappa shape index (κ3) is 6.23. The highest BCUT2D eigenvalue weighted by molar-refractivity contribution is 5.82. The summed E-state index contributed by atoms with van der Waals surface area (Å²) in [5, 5.41) is 20.8. The van der Waals surface area contributed by atoms with Crippen LogP contribution in [0.5, 0.6) is 0 Å². The van der Waals surface area contributed by atoms with E-state index in [9.17, 15) is 9.59 Å². The monoisotopic (exact) mass is 288 g/mol. The summed E-state index contributed by atoms with van der Waals surface area (Å²) in [6.45, 7) is 6.01. The normalized spacial score (nSPS) is 12.2. The van der Waals surface area contributed by atoms with Crippen LogP contribution in [0.3, 0.4) is 0 Å². The van der Waals surface area contributed by atoms with Crippen LogP contribution in [-0.4, -0.2) is 52.3 Å². The van der Waals surface area contributed by atoms with Gasteiger partial charge in [0.1, 0.15) is 6.04 Å².